The first kappa shape index (κ1) is 24.8. The van der Waals surface area contributed by atoms with Crippen molar-refractivity contribution in [3.8, 4) is 5.75 Å². The summed E-state index contributed by atoms with van der Waals surface area (Å²) in [6.45, 7) is 7.77. The first-order valence-electron chi connectivity index (χ1n) is 11.7. The fraction of sp³-hybridized carbons (Fsp3) is 0.423. The van der Waals surface area contributed by atoms with E-state index >= 15 is 0 Å². The van der Waals surface area contributed by atoms with E-state index in [0.29, 0.717) is 54.0 Å². The van der Waals surface area contributed by atoms with Crippen LogP contribution in [0.15, 0.2) is 36.7 Å². The van der Waals surface area contributed by atoms with Gasteiger partial charge in [0.1, 0.15) is 29.3 Å². The van der Waals surface area contributed by atoms with Crippen LogP contribution in [0.4, 0.5) is 15.9 Å². The SMILES string of the molecule is CNC(=O)C1(N(C)Cc2cc3c(Nc4cccc(C)c4F)ncnc3cc2OC)CN(C(C)C)C1. The molecule has 0 saturated carbocycles. The Morgan fingerprint density at radius 1 is 1.29 bits per heavy atom. The minimum atomic E-state index is -0.627. The van der Waals surface area contributed by atoms with Gasteiger partial charge in [0.25, 0.3) is 0 Å². The monoisotopic (exact) mass is 480 g/mol. The predicted octanol–water partition coefficient (Wildman–Crippen LogP) is 3.47. The normalized spacial score (nSPS) is 15.3. The summed E-state index contributed by atoms with van der Waals surface area (Å²) in [6.07, 6.45) is 1.44. The maximum absolute atomic E-state index is 14.7. The average Bonchev–Trinajstić information content (AvgIpc) is 2.80. The fourth-order valence-corrected chi connectivity index (χ4v) is 4.60. The Bertz CT molecular complexity index is 1240. The number of aromatic nitrogens is 2. The van der Waals surface area contributed by atoms with Crippen LogP contribution in [0.5, 0.6) is 5.75 Å². The number of ether oxygens (including phenoxy) is 1. The first-order chi connectivity index (χ1) is 16.7. The number of nitrogens with one attached hydrogen (secondary N) is 2. The molecule has 1 aliphatic heterocycles. The van der Waals surface area contributed by atoms with Crippen molar-refractivity contribution in [3.05, 3.63) is 53.6 Å². The van der Waals surface area contributed by atoms with Gasteiger partial charge in [-0.2, -0.15) is 0 Å². The van der Waals surface area contributed by atoms with Gasteiger partial charge in [-0.05, 0) is 45.5 Å². The van der Waals surface area contributed by atoms with Crippen LogP contribution in [0.1, 0.15) is 25.0 Å². The molecular formula is C26H33FN6O2. The first-order valence-corrected chi connectivity index (χ1v) is 11.7. The van der Waals surface area contributed by atoms with E-state index in [9.17, 15) is 9.18 Å². The van der Waals surface area contributed by atoms with E-state index in [1.165, 1.54) is 6.33 Å². The van der Waals surface area contributed by atoms with Crippen molar-refractivity contribution >= 4 is 28.3 Å². The highest BCUT2D eigenvalue weighted by atomic mass is 19.1. The molecule has 1 aliphatic rings. The highest BCUT2D eigenvalue weighted by Gasteiger charge is 2.52. The number of amides is 1. The molecule has 0 bridgehead atoms. The smallest absolute Gasteiger partial charge is 0.242 e. The van der Waals surface area contributed by atoms with Gasteiger partial charge >= 0.3 is 0 Å². The van der Waals surface area contributed by atoms with Crippen molar-refractivity contribution in [2.24, 2.45) is 0 Å². The minimum Gasteiger partial charge on any atom is -0.496 e. The maximum Gasteiger partial charge on any atom is 0.242 e. The Morgan fingerprint density at radius 3 is 2.69 bits per heavy atom. The lowest BCUT2D eigenvalue weighted by Crippen LogP contribution is -2.75. The number of anilines is 2. The number of carbonyl (C=O) groups excluding carboxylic acids is 1. The molecule has 0 unspecified atom stereocenters. The van der Waals surface area contributed by atoms with Gasteiger partial charge in [0.05, 0.1) is 18.3 Å². The number of benzene rings is 2. The molecule has 0 aliphatic carbocycles. The Morgan fingerprint density at radius 2 is 2.03 bits per heavy atom. The number of carbonyl (C=O) groups is 1. The van der Waals surface area contributed by atoms with Gasteiger partial charge < -0.3 is 15.4 Å². The molecule has 2 heterocycles. The lowest BCUT2D eigenvalue weighted by atomic mass is 9.85. The van der Waals surface area contributed by atoms with Gasteiger partial charge in [-0.15, -0.1) is 0 Å². The van der Waals surface area contributed by atoms with Crippen molar-refractivity contribution in [1.29, 1.82) is 0 Å². The van der Waals surface area contributed by atoms with Crippen LogP contribution in [-0.4, -0.2) is 71.6 Å². The minimum absolute atomic E-state index is 0.00253. The van der Waals surface area contributed by atoms with E-state index in [2.05, 4.69) is 44.2 Å². The summed E-state index contributed by atoms with van der Waals surface area (Å²) in [5.41, 5.74) is 1.83. The zero-order valence-corrected chi connectivity index (χ0v) is 21.1. The molecule has 2 N–H and O–H groups in total. The van der Waals surface area contributed by atoms with Gasteiger partial charge in [0.2, 0.25) is 5.91 Å². The van der Waals surface area contributed by atoms with E-state index in [-0.39, 0.29) is 11.7 Å². The lowest BCUT2D eigenvalue weighted by Gasteiger charge is -2.54. The molecule has 1 saturated heterocycles. The summed E-state index contributed by atoms with van der Waals surface area (Å²) in [6, 6.07) is 9.37. The van der Waals surface area contributed by atoms with Crippen LogP contribution in [-0.2, 0) is 11.3 Å². The van der Waals surface area contributed by atoms with E-state index in [0.717, 1.165) is 10.9 Å². The molecule has 35 heavy (non-hydrogen) atoms. The quantitative estimate of drug-likeness (QED) is 0.511. The number of likely N-dealkylation sites (tertiary alicyclic amines) is 1. The van der Waals surface area contributed by atoms with Crippen LogP contribution in [0, 0.1) is 12.7 Å². The zero-order chi connectivity index (χ0) is 25.3. The van der Waals surface area contributed by atoms with Crippen LogP contribution < -0.4 is 15.4 Å². The Labute approximate surface area is 205 Å². The molecular weight excluding hydrogens is 447 g/mol. The van der Waals surface area contributed by atoms with Gasteiger partial charge in [-0.1, -0.05) is 12.1 Å². The number of hydrogen-bond donors (Lipinski definition) is 2. The molecule has 2 aromatic carbocycles. The molecule has 1 amide bonds. The Balaban J connectivity index is 1.70. The van der Waals surface area contributed by atoms with E-state index < -0.39 is 5.54 Å². The number of aryl methyl sites for hydroxylation is 1. The lowest BCUT2D eigenvalue weighted by molar-refractivity contribution is -0.147. The van der Waals surface area contributed by atoms with Crippen molar-refractivity contribution in [1.82, 2.24) is 25.1 Å². The molecule has 4 rings (SSSR count). The van der Waals surface area contributed by atoms with Gasteiger partial charge in [-0.25, -0.2) is 14.4 Å². The molecule has 1 fully saturated rings. The van der Waals surface area contributed by atoms with Crippen molar-refractivity contribution in [3.63, 3.8) is 0 Å². The summed E-state index contributed by atoms with van der Waals surface area (Å²) in [5, 5.41) is 6.70. The third kappa shape index (κ3) is 4.53. The third-order valence-corrected chi connectivity index (χ3v) is 6.93. The van der Waals surface area contributed by atoms with E-state index in [4.69, 9.17) is 4.74 Å². The number of likely N-dealkylation sites (N-methyl/N-ethyl adjacent to an activating group) is 2. The molecule has 0 radical (unpaired) electrons. The number of rotatable bonds is 8. The van der Waals surface area contributed by atoms with Gasteiger partial charge in [0.15, 0.2) is 0 Å². The molecule has 0 atom stereocenters. The fourth-order valence-electron chi connectivity index (χ4n) is 4.60. The topological polar surface area (TPSA) is 82.6 Å². The molecule has 0 spiro atoms. The largest absolute Gasteiger partial charge is 0.496 e. The molecule has 1 aromatic heterocycles. The number of fused-ring (bicyclic) bond motifs is 1. The second-order valence-corrected chi connectivity index (χ2v) is 9.43. The summed E-state index contributed by atoms with van der Waals surface area (Å²) in [5.74, 6) is 0.849. The number of methoxy groups -OCH3 is 1. The van der Waals surface area contributed by atoms with Gasteiger partial charge in [-0.3, -0.25) is 14.6 Å². The van der Waals surface area contributed by atoms with Crippen LogP contribution in [0.3, 0.4) is 0 Å². The Hall–Kier alpha value is -3.30. The van der Waals surface area contributed by atoms with Crippen LogP contribution >= 0.6 is 0 Å². The second-order valence-electron chi connectivity index (χ2n) is 9.43. The summed E-state index contributed by atoms with van der Waals surface area (Å²) in [7, 11) is 5.25. The van der Waals surface area contributed by atoms with Crippen molar-refractivity contribution in [2.45, 2.75) is 38.9 Å². The average molecular weight is 481 g/mol. The molecule has 9 heteroatoms. The zero-order valence-electron chi connectivity index (χ0n) is 21.1. The van der Waals surface area contributed by atoms with Crippen LogP contribution in [0.25, 0.3) is 10.9 Å². The van der Waals surface area contributed by atoms with E-state index in [1.807, 2.05) is 19.2 Å². The predicted molar refractivity (Wildman–Crippen MR) is 135 cm³/mol. The van der Waals surface area contributed by atoms with Crippen LogP contribution in [0.2, 0.25) is 0 Å². The van der Waals surface area contributed by atoms with Crippen molar-refractivity contribution < 1.29 is 13.9 Å². The number of nitrogens with zero attached hydrogens (tertiary/aromatic N) is 4. The number of halogens is 1. The van der Waals surface area contributed by atoms with Gasteiger partial charge in [0, 0.05) is 49.7 Å². The van der Waals surface area contributed by atoms with Crippen molar-refractivity contribution in [2.75, 3.05) is 39.6 Å². The highest BCUT2D eigenvalue weighted by molar-refractivity contribution is 5.92. The summed E-state index contributed by atoms with van der Waals surface area (Å²) < 4.78 is 20.3. The standard InChI is InChI=1S/C26H33FN6O2/c1-16(2)33-13-26(14-33,25(34)28-4)32(5)12-18-10-19-21(11-22(18)35-6)29-15-30-24(19)31-20-9-7-8-17(3)23(20)27/h7-11,15-16H,12-14H2,1-6H3,(H,28,34)(H,29,30,31). The molecule has 3 aromatic rings. The second kappa shape index (κ2) is 9.75. The highest BCUT2D eigenvalue weighted by Crippen LogP contribution is 2.35. The maximum atomic E-state index is 14.7. The van der Waals surface area contributed by atoms with E-state index in [1.54, 1.807) is 39.3 Å². The Kier molecular flexibility index (Phi) is 6.91. The number of hydrogen-bond acceptors (Lipinski definition) is 7. The molecule has 8 nitrogen and oxygen atoms in total. The third-order valence-electron chi connectivity index (χ3n) is 6.93. The summed E-state index contributed by atoms with van der Waals surface area (Å²) in [4.78, 5) is 26.0. The summed E-state index contributed by atoms with van der Waals surface area (Å²) >= 11 is 0. The molecule has 186 valence electrons.